The molecule has 0 radical (unpaired) electrons. The second-order valence-electron chi connectivity index (χ2n) is 2.82. The Morgan fingerprint density at radius 3 is 2.57 bits per heavy atom. The van der Waals surface area contributed by atoms with Crippen molar-refractivity contribution in [2.24, 2.45) is 0 Å². The SMILES string of the molecule is COC(=O)[C@@H](Br)Cc1ccc(F)cc1. The first-order chi connectivity index (χ1) is 6.63. The molecule has 0 aliphatic rings. The zero-order chi connectivity index (χ0) is 10.6. The highest BCUT2D eigenvalue weighted by Gasteiger charge is 2.15. The predicted octanol–water partition coefficient (Wildman–Crippen LogP) is 2.30. The van der Waals surface area contributed by atoms with Crippen molar-refractivity contribution in [1.29, 1.82) is 0 Å². The molecule has 0 aliphatic heterocycles. The van der Waals surface area contributed by atoms with Gasteiger partial charge in [-0.3, -0.25) is 4.79 Å². The Hall–Kier alpha value is -0.900. The van der Waals surface area contributed by atoms with E-state index in [1.807, 2.05) is 0 Å². The molecule has 1 atom stereocenters. The van der Waals surface area contributed by atoms with E-state index in [0.717, 1.165) is 5.56 Å². The number of hydrogen-bond acceptors (Lipinski definition) is 2. The van der Waals surface area contributed by atoms with Gasteiger partial charge in [0.05, 0.1) is 7.11 Å². The summed E-state index contributed by atoms with van der Waals surface area (Å²) < 4.78 is 17.1. The van der Waals surface area contributed by atoms with Crippen LogP contribution in [0.2, 0.25) is 0 Å². The standard InChI is InChI=1S/C10H10BrFO2/c1-14-10(13)9(11)6-7-2-4-8(12)5-3-7/h2-5,9H,6H2,1H3/t9-/m0/s1. The third-order valence-electron chi connectivity index (χ3n) is 1.79. The van der Waals surface area contributed by atoms with Crippen LogP contribution in [0.5, 0.6) is 0 Å². The number of hydrogen-bond donors (Lipinski definition) is 0. The summed E-state index contributed by atoms with van der Waals surface area (Å²) in [6.45, 7) is 0. The average molecular weight is 261 g/mol. The molecule has 14 heavy (non-hydrogen) atoms. The van der Waals surface area contributed by atoms with Gasteiger partial charge in [-0.25, -0.2) is 4.39 Å². The maximum absolute atomic E-state index is 12.5. The summed E-state index contributed by atoms with van der Waals surface area (Å²) in [6.07, 6.45) is 0.493. The van der Waals surface area contributed by atoms with Crippen LogP contribution in [0.3, 0.4) is 0 Å². The summed E-state index contributed by atoms with van der Waals surface area (Å²) in [5.74, 6) is -0.604. The number of halogens is 2. The fourth-order valence-corrected chi connectivity index (χ4v) is 1.60. The van der Waals surface area contributed by atoms with Crippen molar-refractivity contribution in [1.82, 2.24) is 0 Å². The second-order valence-corrected chi connectivity index (χ2v) is 3.93. The van der Waals surface area contributed by atoms with E-state index in [1.165, 1.54) is 19.2 Å². The normalized spacial score (nSPS) is 12.2. The number of benzene rings is 1. The summed E-state index contributed by atoms with van der Waals surface area (Å²) in [5.41, 5.74) is 0.888. The van der Waals surface area contributed by atoms with Crippen LogP contribution in [-0.4, -0.2) is 17.9 Å². The topological polar surface area (TPSA) is 26.3 Å². The molecule has 0 unspecified atom stereocenters. The van der Waals surface area contributed by atoms with Crippen LogP contribution >= 0.6 is 15.9 Å². The molecule has 0 amide bonds. The smallest absolute Gasteiger partial charge is 0.319 e. The molecule has 1 aromatic rings. The van der Waals surface area contributed by atoms with Crippen molar-refractivity contribution >= 4 is 21.9 Å². The molecular formula is C10H10BrFO2. The number of carbonyl (C=O) groups excluding carboxylic acids is 1. The third kappa shape index (κ3) is 3.10. The molecule has 0 spiro atoms. The number of esters is 1. The van der Waals surface area contributed by atoms with Crippen molar-refractivity contribution in [2.75, 3.05) is 7.11 Å². The van der Waals surface area contributed by atoms with Gasteiger partial charge in [-0.2, -0.15) is 0 Å². The maximum Gasteiger partial charge on any atom is 0.319 e. The van der Waals surface area contributed by atoms with Gasteiger partial charge in [0, 0.05) is 0 Å². The molecule has 0 heterocycles. The lowest BCUT2D eigenvalue weighted by atomic mass is 10.1. The Morgan fingerprint density at radius 2 is 2.07 bits per heavy atom. The van der Waals surface area contributed by atoms with Gasteiger partial charge in [0.25, 0.3) is 0 Å². The lowest BCUT2D eigenvalue weighted by Crippen LogP contribution is -2.17. The zero-order valence-electron chi connectivity index (χ0n) is 7.67. The molecule has 0 saturated carbocycles. The minimum absolute atomic E-state index is 0.280. The van der Waals surface area contributed by atoms with Crippen LogP contribution in [0.25, 0.3) is 0 Å². The highest BCUT2D eigenvalue weighted by atomic mass is 79.9. The van der Waals surface area contributed by atoms with Crippen LogP contribution < -0.4 is 0 Å². The molecule has 1 aromatic carbocycles. The molecule has 0 aliphatic carbocycles. The van der Waals surface area contributed by atoms with E-state index in [-0.39, 0.29) is 16.6 Å². The van der Waals surface area contributed by atoms with E-state index in [4.69, 9.17) is 0 Å². The minimum atomic E-state index is -0.377. The first kappa shape index (κ1) is 11.2. The molecular weight excluding hydrogens is 251 g/mol. The average Bonchev–Trinajstić information content (AvgIpc) is 2.20. The monoisotopic (exact) mass is 260 g/mol. The number of rotatable bonds is 3. The van der Waals surface area contributed by atoms with Gasteiger partial charge in [0.1, 0.15) is 10.6 Å². The summed E-state index contributed by atoms with van der Waals surface area (Å²) in [4.78, 5) is 10.7. The summed E-state index contributed by atoms with van der Waals surface area (Å²) in [5, 5.41) is 0. The molecule has 0 N–H and O–H groups in total. The van der Waals surface area contributed by atoms with Gasteiger partial charge in [0.2, 0.25) is 0 Å². The first-order valence-corrected chi connectivity index (χ1v) is 5.01. The number of ether oxygens (including phenoxy) is 1. The van der Waals surface area contributed by atoms with Crippen LogP contribution in [0.4, 0.5) is 4.39 Å². The zero-order valence-corrected chi connectivity index (χ0v) is 9.25. The molecule has 0 saturated heterocycles. The Balaban J connectivity index is 2.60. The van der Waals surface area contributed by atoms with Crippen LogP contribution in [0, 0.1) is 5.82 Å². The van der Waals surface area contributed by atoms with Gasteiger partial charge in [-0.15, -0.1) is 0 Å². The Morgan fingerprint density at radius 1 is 1.50 bits per heavy atom. The second kappa shape index (κ2) is 5.10. The molecule has 76 valence electrons. The minimum Gasteiger partial charge on any atom is -0.468 e. The lowest BCUT2D eigenvalue weighted by Gasteiger charge is -2.06. The third-order valence-corrected chi connectivity index (χ3v) is 2.48. The van der Waals surface area contributed by atoms with Crippen molar-refractivity contribution in [2.45, 2.75) is 11.2 Å². The van der Waals surface area contributed by atoms with Crippen LogP contribution in [0.15, 0.2) is 24.3 Å². The molecule has 0 bridgehead atoms. The van der Waals surface area contributed by atoms with E-state index < -0.39 is 0 Å². The largest absolute Gasteiger partial charge is 0.468 e. The van der Waals surface area contributed by atoms with Crippen molar-refractivity contribution < 1.29 is 13.9 Å². The molecule has 1 rings (SSSR count). The highest BCUT2D eigenvalue weighted by molar-refractivity contribution is 9.10. The van der Waals surface area contributed by atoms with Gasteiger partial charge < -0.3 is 4.74 Å². The first-order valence-electron chi connectivity index (χ1n) is 4.10. The van der Waals surface area contributed by atoms with Crippen LogP contribution in [0.1, 0.15) is 5.56 Å². The number of carbonyl (C=O) groups is 1. The Bertz CT molecular complexity index is 310. The lowest BCUT2D eigenvalue weighted by molar-refractivity contribution is -0.139. The molecule has 0 fully saturated rings. The van der Waals surface area contributed by atoms with Gasteiger partial charge in [-0.1, -0.05) is 28.1 Å². The Labute approximate surface area is 90.2 Å². The Kier molecular flexibility index (Phi) is 4.07. The van der Waals surface area contributed by atoms with E-state index in [2.05, 4.69) is 20.7 Å². The summed E-state index contributed by atoms with van der Waals surface area (Å²) >= 11 is 3.19. The quantitative estimate of drug-likeness (QED) is 0.616. The number of methoxy groups -OCH3 is 1. The molecule has 4 heteroatoms. The van der Waals surface area contributed by atoms with E-state index >= 15 is 0 Å². The van der Waals surface area contributed by atoms with Crippen molar-refractivity contribution in [3.05, 3.63) is 35.6 Å². The van der Waals surface area contributed by atoms with Gasteiger partial charge in [0.15, 0.2) is 0 Å². The van der Waals surface area contributed by atoms with Gasteiger partial charge >= 0.3 is 5.97 Å². The summed E-state index contributed by atoms with van der Waals surface area (Å²) in [6, 6.07) is 6.03. The van der Waals surface area contributed by atoms with E-state index in [0.29, 0.717) is 6.42 Å². The van der Waals surface area contributed by atoms with Crippen molar-refractivity contribution in [3.8, 4) is 0 Å². The van der Waals surface area contributed by atoms with Crippen LogP contribution in [-0.2, 0) is 16.0 Å². The fourth-order valence-electron chi connectivity index (χ4n) is 1.04. The predicted molar refractivity (Wildman–Crippen MR) is 54.8 cm³/mol. The fraction of sp³-hybridized carbons (Fsp3) is 0.300. The highest BCUT2D eigenvalue weighted by Crippen LogP contribution is 2.12. The van der Waals surface area contributed by atoms with E-state index in [1.54, 1.807) is 12.1 Å². The number of alkyl halides is 1. The van der Waals surface area contributed by atoms with Crippen molar-refractivity contribution in [3.63, 3.8) is 0 Å². The van der Waals surface area contributed by atoms with E-state index in [9.17, 15) is 9.18 Å². The maximum atomic E-state index is 12.5. The van der Waals surface area contributed by atoms with Gasteiger partial charge in [-0.05, 0) is 24.1 Å². The molecule has 0 aromatic heterocycles. The molecule has 2 nitrogen and oxygen atoms in total. The summed E-state index contributed by atoms with van der Waals surface area (Å²) in [7, 11) is 1.33.